The van der Waals surface area contributed by atoms with Gasteiger partial charge < -0.3 is 4.74 Å². The van der Waals surface area contributed by atoms with Crippen molar-refractivity contribution in [1.29, 1.82) is 0 Å². The van der Waals surface area contributed by atoms with Gasteiger partial charge in [-0.25, -0.2) is 10.4 Å². The molecule has 0 radical (unpaired) electrons. The lowest BCUT2D eigenvalue weighted by molar-refractivity contribution is 0.0950. The summed E-state index contributed by atoms with van der Waals surface area (Å²) >= 11 is 7.62. The highest BCUT2D eigenvalue weighted by molar-refractivity contribution is 7.15. The lowest BCUT2D eigenvalue weighted by Crippen LogP contribution is -2.18. The van der Waals surface area contributed by atoms with E-state index in [0.29, 0.717) is 23.1 Å². The molecule has 0 unspecified atom stereocenters. The summed E-state index contributed by atoms with van der Waals surface area (Å²) in [6, 6.07) is 15.1. The first kappa shape index (κ1) is 19.1. The molecule has 0 aliphatic heterocycles. The van der Waals surface area contributed by atoms with Gasteiger partial charge in [0.1, 0.15) is 16.5 Å². The van der Waals surface area contributed by atoms with Crippen LogP contribution in [0, 0.1) is 6.92 Å². The average Bonchev–Trinajstić information content (AvgIpc) is 3.06. The van der Waals surface area contributed by atoms with Crippen molar-refractivity contribution in [3.8, 4) is 16.3 Å². The highest BCUT2D eigenvalue weighted by atomic mass is 35.5. The fraction of sp³-hybridized carbons (Fsp3) is 0.150. The van der Waals surface area contributed by atoms with Crippen molar-refractivity contribution in [2.75, 3.05) is 6.61 Å². The summed E-state index contributed by atoms with van der Waals surface area (Å²) in [6.07, 6.45) is 1.53. The van der Waals surface area contributed by atoms with Gasteiger partial charge in [-0.1, -0.05) is 41.9 Å². The van der Waals surface area contributed by atoms with E-state index in [1.165, 1.54) is 17.6 Å². The molecule has 0 fully saturated rings. The summed E-state index contributed by atoms with van der Waals surface area (Å²) in [5.74, 6) is 0.270. The van der Waals surface area contributed by atoms with Crippen LogP contribution in [0.2, 0.25) is 5.02 Å². The highest BCUT2D eigenvalue weighted by Gasteiger charge is 2.15. The summed E-state index contributed by atoms with van der Waals surface area (Å²) in [7, 11) is 0. The Morgan fingerprint density at radius 2 is 2.07 bits per heavy atom. The van der Waals surface area contributed by atoms with Gasteiger partial charge >= 0.3 is 0 Å². The molecule has 0 saturated heterocycles. The summed E-state index contributed by atoms with van der Waals surface area (Å²) < 4.78 is 5.39. The summed E-state index contributed by atoms with van der Waals surface area (Å²) in [5.41, 5.74) is 4.63. The van der Waals surface area contributed by atoms with Gasteiger partial charge in [0.15, 0.2) is 0 Å². The number of nitrogens with one attached hydrogen (secondary N) is 1. The standard InChI is InChI=1S/C20H18ClN3O2S/c1-3-26-17-10-9-14(11-16(17)21)12-22-24-19(25)18-13(2)27-20(23-18)15-7-5-4-6-8-15/h4-12H,3H2,1-2H3,(H,24,25)/b22-12-. The first-order valence-electron chi connectivity index (χ1n) is 8.37. The number of aromatic nitrogens is 1. The largest absolute Gasteiger partial charge is 0.492 e. The minimum absolute atomic E-state index is 0.348. The number of hydrogen-bond acceptors (Lipinski definition) is 5. The van der Waals surface area contributed by atoms with E-state index in [-0.39, 0.29) is 5.91 Å². The summed E-state index contributed by atoms with van der Waals surface area (Å²) in [5, 5.41) is 5.30. The topological polar surface area (TPSA) is 63.6 Å². The zero-order chi connectivity index (χ0) is 19.2. The van der Waals surface area contributed by atoms with E-state index in [1.54, 1.807) is 12.1 Å². The molecule has 7 heteroatoms. The van der Waals surface area contributed by atoms with Gasteiger partial charge in [-0.3, -0.25) is 4.79 Å². The molecule has 3 aromatic rings. The van der Waals surface area contributed by atoms with E-state index in [9.17, 15) is 4.79 Å². The third-order valence-electron chi connectivity index (χ3n) is 3.67. The Morgan fingerprint density at radius 3 is 2.78 bits per heavy atom. The van der Waals surface area contributed by atoms with Crippen LogP contribution in [0.25, 0.3) is 10.6 Å². The molecule has 0 saturated carbocycles. The second kappa shape index (κ2) is 8.79. The molecule has 0 aliphatic carbocycles. The van der Waals surface area contributed by atoms with Crippen LogP contribution in [0.5, 0.6) is 5.75 Å². The summed E-state index contributed by atoms with van der Waals surface area (Å²) in [4.78, 5) is 17.7. The Morgan fingerprint density at radius 1 is 1.30 bits per heavy atom. The van der Waals surface area contributed by atoms with Gasteiger partial charge in [-0.05, 0) is 37.6 Å². The smallest absolute Gasteiger partial charge is 0.291 e. The highest BCUT2D eigenvalue weighted by Crippen LogP contribution is 2.27. The SMILES string of the molecule is CCOc1ccc(/C=N\NC(=O)c2nc(-c3ccccc3)sc2C)cc1Cl. The van der Waals surface area contributed by atoms with Crippen LogP contribution in [0.1, 0.15) is 27.9 Å². The molecular formula is C20H18ClN3O2S. The number of benzene rings is 2. The molecule has 0 bridgehead atoms. The van der Waals surface area contributed by atoms with Crippen molar-refractivity contribution in [1.82, 2.24) is 10.4 Å². The minimum Gasteiger partial charge on any atom is -0.492 e. The number of carbonyl (C=O) groups is 1. The Balaban J connectivity index is 1.68. The Kier molecular flexibility index (Phi) is 6.21. The average molecular weight is 400 g/mol. The van der Waals surface area contributed by atoms with Crippen LogP contribution >= 0.6 is 22.9 Å². The predicted molar refractivity (Wildman–Crippen MR) is 110 cm³/mol. The molecule has 2 aromatic carbocycles. The molecule has 27 heavy (non-hydrogen) atoms. The van der Waals surface area contributed by atoms with Crippen molar-refractivity contribution < 1.29 is 9.53 Å². The molecule has 0 spiro atoms. The number of nitrogens with zero attached hydrogens (tertiary/aromatic N) is 2. The van der Waals surface area contributed by atoms with Gasteiger partial charge in [0.05, 0.1) is 17.8 Å². The van der Waals surface area contributed by atoms with E-state index in [1.807, 2.05) is 50.2 Å². The van der Waals surface area contributed by atoms with Crippen LogP contribution in [0.3, 0.4) is 0 Å². The third kappa shape index (κ3) is 4.72. The number of hydrazone groups is 1. The van der Waals surface area contributed by atoms with Crippen LogP contribution in [0.4, 0.5) is 0 Å². The zero-order valence-corrected chi connectivity index (χ0v) is 16.5. The fourth-order valence-corrected chi connectivity index (χ4v) is 3.56. The number of halogens is 1. The lowest BCUT2D eigenvalue weighted by Gasteiger charge is -2.05. The van der Waals surface area contributed by atoms with Crippen molar-refractivity contribution in [3.63, 3.8) is 0 Å². The molecule has 3 rings (SSSR count). The van der Waals surface area contributed by atoms with Gasteiger partial charge in [-0.2, -0.15) is 5.10 Å². The first-order chi connectivity index (χ1) is 13.1. The lowest BCUT2D eigenvalue weighted by atomic mass is 10.2. The van der Waals surface area contributed by atoms with E-state index < -0.39 is 0 Å². The normalized spacial score (nSPS) is 10.9. The number of hydrogen-bond donors (Lipinski definition) is 1. The van der Waals surface area contributed by atoms with Crippen LogP contribution in [-0.2, 0) is 0 Å². The quantitative estimate of drug-likeness (QED) is 0.472. The minimum atomic E-state index is -0.348. The maximum absolute atomic E-state index is 12.4. The second-order valence-electron chi connectivity index (χ2n) is 5.61. The summed E-state index contributed by atoms with van der Waals surface area (Å²) in [6.45, 7) is 4.31. The zero-order valence-electron chi connectivity index (χ0n) is 14.9. The van der Waals surface area contributed by atoms with Gasteiger partial charge in [-0.15, -0.1) is 11.3 Å². The number of carbonyl (C=O) groups excluding carboxylic acids is 1. The predicted octanol–water partition coefficient (Wildman–Crippen LogP) is 4.93. The number of rotatable bonds is 6. The van der Waals surface area contributed by atoms with E-state index in [4.69, 9.17) is 16.3 Å². The number of thiazole rings is 1. The molecule has 5 nitrogen and oxygen atoms in total. The van der Waals surface area contributed by atoms with Crippen molar-refractivity contribution in [3.05, 3.63) is 69.7 Å². The van der Waals surface area contributed by atoms with E-state index >= 15 is 0 Å². The second-order valence-corrected chi connectivity index (χ2v) is 7.22. The van der Waals surface area contributed by atoms with Crippen LogP contribution in [-0.4, -0.2) is 23.7 Å². The fourth-order valence-electron chi connectivity index (χ4n) is 2.40. The van der Waals surface area contributed by atoms with Gasteiger partial charge in [0.2, 0.25) is 0 Å². The van der Waals surface area contributed by atoms with E-state index in [2.05, 4.69) is 15.5 Å². The molecule has 0 aliphatic rings. The Bertz CT molecular complexity index is 971. The molecular weight excluding hydrogens is 382 g/mol. The van der Waals surface area contributed by atoms with Crippen LogP contribution < -0.4 is 10.2 Å². The Hall–Kier alpha value is -2.70. The molecule has 138 valence electrons. The number of aryl methyl sites for hydroxylation is 1. The maximum Gasteiger partial charge on any atom is 0.291 e. The van der Waals surface area contributed by atoms with E-state index in [0.717, 1.165) is 21.0 Å². The monoisotopic (exact) mass is 399 g/mol. The van der Waals surface area contributed by atoms with Crippen molar-refractivity contribution >= 4 is 35.1 Å². The molecule has 1 N–H and O–H groups in total. The molecule has 1 aromatic heterocycles. The number of amides is 1. The number of ether oxygens (including phenoxy) is 1. The van der Waals surface area contributed by atoms with Gasteiger partial charge in [0, 0.05) is 10.4 Å². The Labute approximate surface area is 166 Å². The molecule has 0 atom stereocenters. The van der Waals surface area contributed by atoms with Gasteiger partial charge in [0.25, 0.3) is 5.91 Å². The van der Waals surface area contributed by atoms with Crippen LogP contribution in [0.15, 0.2) is 53.6 Å². The van der Waals surface area contributed by atoms with Crippen molar-refractivity contribution in [2.45, 2.75) is 13.8 Å². The first-order valence-corrected chi connectivity index (χ1v) is 9.56. The molecule has 1 amide bonds. The molecule has 1 heterocycles. The van der Waals surface area contributed by atoms with Crippen molar-refractivity contribution in [2.24, 2.45) is 5.10 Å². The third-order valence-corrected chi connectivity index (χ3v) is 4.98. The maximum atomic E-state index is 12.4.